The highest BCUT2D eigenvalue weighted by molar-refractivity contribution is 5.86. The number of aromatic amines is 1. The summed E-state index contributed by atoms with van der Waals surface area (Å²) < 4.78 is 5.27. The van der Waals surface area contributed by atoms with Gasteiger partial charge >= 0.3 is 0 Å². The van der Waals surface area contributed by atoms with Gasteiger partial charge in [0.15, 0.2) is 0 Å². The van der Waals surface area contributed by atoms with Crippen molar-refractivity contribution in [2.45, 2.75) is 33.2 Å². The Morgan fingerprint density at radius 1 is 1.35 bits per heavy atom. The van der Waals surface area contributed by atoms with E-state index >= 15 is 0 Å². The summed E-state index contributed by atoms with van der Waals surface area (Å²) >= 11 is 0. The van der Waals surface area contributed by atoms with Gasteiger partial charge in [0.1, 0.15) is 17.9 Å². The maximum absolute atomic E-state index is 6.56. The summed E-state index contributed by atoms with van der Waals surface area (Å²) in [5.41, 5.74) is 11.4. The van der Waals surface area contributed by atoms with Gasteiger partial charge in [-0.3, -0.25) is 9.91 Å². The number of nitrogens with one attached hydrogen (secondary N) is 1. The van der Waals surface area contributed by atoms with Gasteiger partial charge in [-0.25, -0.2) is 10.8 Å². The van der Waals surface area contributed by atoms with Crippen molar-refractivity contribution in [1.29, 1.82) is 0 Å². The Labute approximate surface area is 152 Å². The zero-order chi connectivity index (χ0) is 18.3. The van der Waals surface area contributed by atoms with Crippen molar-refractivity contribution in [1.82, 2.24) is 20.0 Å². The molecular weight excluding hydrogens is 330 g/mol. The Morgan fingerprint density at radius 2 is 2.12 bits per heavy atom. The molecule has 0 spiro atoms. The summed E-state index contributed by atoms with van der Waals surface area (Å²) in [7, 11) is 0. The molecule has 2 aromatic rings. The van der Waals surface area contributed by atoms with Gasteiger partial charge in [0.2, 0.25) is 0 Å². The lowest BCUT2D eigenvalue weighted by atomic mass is 9.91. The minimum atomic E-state index is 0.311. The molecule has 0 radical (unpaired) electrons. The fourth-order valence-electron chi connectivity index (χ4n) is 3.83. The third kappa shape index (κ3) is 2.91. The molecule has 0 saturated carbocycles. The van der Waals surface area contributed by atoms with E-state index in [1.807, 2.05) is 26.1 Å². The van der Waals surface area contributed by atoms with Crippen LogP contribution in [0.5, 0.6) is 0 Å². The number of aliphatic imine (C=N–C) groups is 1. The first-order valence-electron chi connectivity index (χ1n) is 8.94. The summed E-state index contributed by atoms with van der Waals surface area (Å²) in [4.78, 5) is 9.84. The van der Waals surface area contributed by atoms with Crippen molar-refractivity contribution in [2.24, 2.45) is 22.5 Å². The van der Waals surface area contributed by atoms with Crippen LogP contribution >= 0.6 is 0 Å². The first-order chi connectivity index (χ1) is 12.5. The SMILES string of the molecule is Cc1noc(C)c1CN1CCC(/C(N)=C2\c3cc[nH]c3N=CN2N)CC1. The van der Waals surface area contributed by atoms with E-state index < -0.39 is 0 Å². The van der Waals surface area contributed by atoms with Crippen LogP contribution in [0.15, 0.2) is 27.5 Å². The number of allylic oxidation sites excluding steroid dienone is 1. The second-order valence-electron chi connectivity index (χ2n) is 7.05. The number of hydrazine groups is 1. The normalized spacial score (nSPS) is 20.5. The van der Waals surface area contributed by atoms with E-state index in [4.69, 9.17) is 16.1 Å². The number of hydrogen-bond acceptors (Lipinski definition) is 7. The van der Waals surface area contributed by atoms with Crippen molar-refractivity contribution < 1.29 is 4.52 Å². The highest BCUT2D eigenvalue weighted by Gasteiger charge is 2.28. The predicted octanol–water partition coefficient (Wildman–Crippen LogP) is 2.01. The third-order valence-corrected chi connectivity index (χ3v) is 5.41. The molecular formula is C18H25N7O. The van der Waals surface area contributed by atoms with E-state index in [9.17, 15) is 0 Å². The van der Waals surface area contributed by atoms with Crippen molar-refractivity contribution in [3.05, 3.63) is 40.5 Å². The highest BCUT2D eigenvalue weighted by Crippen LogP contribution is 2.35. The van der Waals surface area contributed by atoms with Crippen LogP contribution in [0.1, 0.15) is 35.4 Å². The monoisotopic (exact) mass is 355 g/mol. The molecule has 0 atom stereocenters. The zero-order valence-corrected chi connectivity index (χ0v) is 15.2. The Balaban J connectivity index is 1.47. The first-order valence-corrected chi connectivity index (χ1v) is 8.94. The number of H-pyrrole nitrogens is 1. The molecule has 1 fully saturated rings. The third-order valence-electron chi connectivity index (χ3n) is 5.41. The number of fused-ring (bicyclic) bond motifs is 1. The number of likely N-dealkylation sites (tertiary alicyclic amines) is 1. The molecule has 2 aliphatic rings. The Hall–Kier alpha value is -2.58. The molecule has 8 heteroatoms. The lowest BCUT2D eigenvalue weighted by Crippen LogP contribution is -2.38. The van der Waals surface area contributed by atoms with Crippen LogP contribution in [0.3, 0.4) is 0 Å². The lowest BCUT2D eigenvalue weighted by Gasteiger charge is -2.34. The number of nitrogens with two attached hydrogens (primary N) is 2. The van der Waals surface area contributed by atoms with Crippen LogP contribution in [0.4, 0.5) is 5.82 Å². The molecule has 0 bridgehead atoms. The van der Waals surface area contributed by atoms with Gasteiger partial charge in [0, 0.05) is 35.5 Å². The number of aryl methyl sites for hydroxylation is 2. The van der Waals surface area contributed by atoms with Gasteiger partial charge in [-0.1, -0.05) is 5.16 Å². The summed E-state index contributed by atoms with van der Waals surface area (Å²) in [6.45, 7) is 6.82. The van der Waals surface area contributed by atoms with Crippen molar-refractivity contribution in [2.75, 3.05) is 13.1 Å². The van der Waals surface area contributed by atoms with E-state index in [2.05, 4.69) is 20.0 Å². The summed E-state index contributed by atoms with van der Waals surface area (Å²) in [5, 5.41) is 5.58. The fraction of sp³-hybridized carbons (Fsp3) is 0.444. The van der Waals surface area contributed by atoms with E-state index in [1.54, 1.807) is 6.34 Å². The molecule has 26 heavy (non-hydrogen) atoms. The number of piperidine rings is 1. The zero-order valence-electron chi connectivity index (χ0n) is 15.2. The molecule has 4 heterocycles. The average molecular weight is 355 g/mol. The largest absolute Gasteiger partial charge is 0.400 e. The van der Waals surface area contributed by atoms with Gasteiger partial charge in [-0.2, -0.15) is 0 Å². The van der Waals surface area contributed by atoms with Crippen LogP contribution in [0, 0.1) is 19.8 Å². The number of aromatic nitrogens is 2. The van der Waals surface area contributed by atoms with Gasteiger partial charge < -0.3 is 15.2 Å². The molecule has 5 N–H and O–H groups in total. The van der Waals surface area contributed by atoms with Crippen LogP contribution < -0.4 is 11.6 Å². The van der Waals surface area contributed by atoms with E-state index in [-0.39, 0.29) is 0 Å². The first kappa shape index (κ1) is 16.9. The standard InChI is InChI=1S/C18H25N7O/c1-11-15(12(2)26-23-11)9-24-7-4-13(5-8-24)16(19)17-14-3-6-21-18(14)22-10-25(17)20/h3,6,10,13,21H,4-5,7-9,19-20H2,1-2H3/b17-16-. The molecule has 138 valence electrons. The molecule has 1 saturated heterocycles. The summed E-state index contributed by atoms with van der Waals surface area (Å²) in [6.07, 6.45) is 5.47. The van der Waals surface area contributed by atoms with Crippen LogP contribution in [-0.4, -0.2) is 39.5 Å². The Bertz CT molecular complexity index is 835. The van der Waals surface area contributed by atoms with Crippen molar-refractivity contribution in [3.8, 4) is 0 Å². The van der Waals surface area contributed by atoms with Gasteiger partial charge in [0.05, 0.1) is 11.4 Å². The average Bonchev–Trinajstić information content (AvgIpc) is 3.23. The topological polar surface area (TPSA) is 113 Å². The fourth-order valence-corrected chi connectivity index (χ4v) is 3.83. The Kier molecular flexibility index (Phi) is 4.29. The van der Waals surface area contributed by atoms with Gasteiger partial charge in [0.25, 0.3) is 0 Å². The molecule has 0 aliphatic carbocycles. The van der Waals surface area contributed by atoms with E-state index in [1.165, 1.54) is 10.6 Å². The second kappa shape index (κ2) is 6.62. The second-order valence-corrected chi connectivity index (χ2v) is 7.05. The maximum atomic E-state index is 6.56. The van der Waals surface area contributed by atoms with Crippen molar-refractivity contribution >= 4 is 17.9 Å². The lowest BCUT2D eigenvalue weighted by molar-refractivity contribution is 0.189. The van der Waals surface area contributed by atoms with Gasteiger partial charge in [-0.15, -0.1) is 0 Å². The summed E-state index contributed by atoms with van der Waals surface area (Å²) in [5.74, 6) is 8.14. The molecule has 0 unspecified atom stereocenters. The quantitative estimate of drug-likeness (QED) is 0.726. The number of hydrogen-bond donors (Lipinski definition) is 3. The van der Waals surface area contributed by atoms with Crippen molar-refractivity contribution in [3.63, 3.8) is 0 Å². The molecule has 4 rings (SSSR count). The number of nitrogens with zero attached hydrogens (tertiary/aromatic N) is 4. The van der Waals surface area contributed by atoms with Crippen LogP contribution in [0.2, 0.25) is 0 Å². The van der Waals surface area contributed by atoms with Crippen LogP contribution in [-0.2, 0) is 6.54 Å². The molecule has 2 aromatic heterocycles. The van der Waals surface area contributed by atoms with Crippen LogP contribution in [0.25, 0.3) is 5.70 Å². The predicted molar refractivity (Wildman–Crippen MR) is 100 cm³/mol. The minimum absolute atomic E-state index is 0.311. The molecule has 8 nitrogen and oxygen atoms in total. The smallest absolute Gasteiger partial charge is 0.141 e. The van der Waals surface area contributed by atoms with E-state index in [0.717, 1.165) is 66.7 Å². The maximum Gasteiger partial charge on any atom is 0.141 e. The minimum Gasteiger partial charge on any atom is -0.400 e. The van der Waals surface area contributed by atoms with E-state index in [0.29, 0.717) is 5.92 Å². The molecule has 0 aromatic carbocycles. The summed E-state index contributed by atoms with van der Waals surface area (Å²) in [6, 6.07) is 1.97. The number of rotatable bonds is 3. The molecule has 0 amide bonds. The van der Waals surface area contributed by atoms with Gasteiger partial charge in [-0.05, 0) is 45.8 Å². The molecule has 2 aliphatic heterocycles. The Morgan fingerprint density at radius 3 is 2.81 bits per heavy atom. The highest BCUT2D eigenvalue weighted by atomic mass is 16.5.